The fourth-order valence-corrected chi connectivity index (χ4v) is 3.74. The normalized spacial score (nSPS) is 27.4. The molecule has 3 rings (SSSR count). The van der Waals surface area contributed by atoms with E-state index >= 15 is 0 Å². The smallest absolute Gasteiger partial charge is 0.127 e. The Balaban J connectivity index is 1.89. The molecular weight excluding hydrogens is 399 g/mol. The molecule has 1 aliphatic rings. The summed E-state index contributed by atoms with van der Waals surface area (Å²) in [5.41, 5.74) is 2.55. The summed E-state index contributed by atoms with van der Waals surface area (Å²) in [6, 6.07) is 10.1. The maximum atomic E-state index is 14.5. The molecule has 0 spiro atoms. The van der Waals surface area contributed by atoms with Crippen molar-refractivity contribution >= 4 is 11.6 Å². The van der Waals surface area contributed by atoms with Crippen LogP contribution in [0.25, 0.3) is 0 Å². The maximum Gasteiger partial charge on any atom is 0.127 e. The first-order chi connectivity index (χ1) is 13.7. The molecule has 0 radical (unpaired) electrons. The van der Waals surface area contributed by atoms with Crippen LogP contribution in [0.5, 0.6) is 0 Å². The van der Waals surface area contributed by atoms with Crippen LogP contribution in [0.1, 0.15) is 48.1 Å². The zero-order chi connectivity index (χ0) is 21.3. The predicted octanol–water partition coefficient (Wildman–Crippen LogP) is 2.71. The lowest BCUT2D eigenvalue weighted by atomic mass is 9.90. The van der Waals surface area contributed by atoms with E-state index in [0.29, 0.717) is 21.7 Å². The van der Waals surface area contributed by atoms with E-state index < -0.39 is 37.1 Å². The Morgan fingerprint density at radius 1 is 1.00 bits per heavy atom. The van der Waals surface area contributed by atoms with Gasteiger partial charge in [0.1, 0.15) is 36.3 Å². The minimum atomic E-state index is -1.47. The Bertz CT molecular complexity index is 857. The molecule has 1 aliphatic heterocycles. The first kappa shape index (κ1) is 22.2. The molecule has 5 atom stereocenters. The number of aliphatic hydroxyl groups excluding tert-OH is 4. The van der Waals surface area contributed by atoms with E-state index in [1.807, 2.05) is 19.9 Å². The fourth-order valence-electron chi connectivity index (χ4n) is 3.56. The summed E-state index contributed by atoms with van der Waals surface area (Å²) in [5.74, 6) is -0.0952. The van der Waals surface area contributed by atoms with E-state index in [1.165, 1.54) is 6.07 Å². The van der Waals surface area contributed by atoms with Crippen LogP contribution >= 0.6 is 11.6 Å². The average molecular weight is 425 g/mol. The monoisotopic (exact) mass is 424 g/mol. The highest BCUT2D eigenvalue weighted by atomic mass is 35.5. The van der Waals surface area contributed by atoms with Crippen molar-refractivity contribution in [1.29, 1.82) is 0 Å². The number of halogens is 2. The molecule has 1 saturated heterocycles. The van der Waals surface area contributed by atoms with Gasteiger partial charge in [-0.15, -0.1) is 0 Å². The molecule has 4 N–H and O–H groups in total. The van der Waals surface area contributed by atoms with Gasteiger partial charge in [-0.2, -0.15) is 0 Å². The SMILES string of the molecule is CC(C)c1ccc(Cc2cc([C@@H]3O[C@H](CO)[C@@H](O)[C@H](O)[C@H]3O)ccc2Cl)c(F)c1. The van der Waals surface area contributed by atoms with E-state index in [1.54, 1.807) is 24.3 Å². The number of ether oxygens (including phenoxy) is 1. The molecule has 0 saturated carbocycles. The number of aliphatic hydroxyl groups is 4. The van der Waals surface area contributed by atoms with E-state index in [2.05, 4.69) is 0 Å². The molecule has 2 aromatic carbocycles. The highest BCUT2D eigenvalue weighted by molar-refractivity contribution is 6.31. The third-order valence-corrected chi connectivity index (χ3v) is 5.78. The van der Waals surface area contributed by atoms with Gasteiger partial charge >= 0.3 is 0 Å². The second-order valence-electron chi connectivity index (χ2n) is 7.78. The van der Waals surface area contributed by atoms with E-state index in [-0.39, 0.29) is 18.2 Å². The lowest BCUT2D eigenvalue weighted by Crippen LogP contribution is -2.55. The molecule has 158 valence electrons. The lowest BCUT2D eigenvalue weighted by molar-refractivity contribution is -0.231. The maximum absolute atomic E-state index is 14.5. The highest BCUT2D eigenvalue weighted by Crippen LogP contribution is 2.34. The molecule has 2 aromatic rings. The van der Waals surface area contributed by atoms with Gasteiger partial charge in [0.15, 0.2) is 0 Å². The minimum absolute atomic E-state index is 0.219. The molecule has 0 unspecified atom stereocenters. The lowest BCUT2D eigenvalue weighted by Gasteiger charge is -2.40. The van der Waals surface area contributed by atoms with Crippen molar-refractivity contribution in [2.75, 3.05) is 6.61 Å². The summed E-state index contributed by atoms with van der Waals surface area (Å²) in [5, 5.41) is 40.1. The molecule has 0 amide bonds. The van der Waals surface area contributed by atoms with Gasteiger partial charge in [0, 0.05) is 11.4 Å². The van der Waals surface area contributed by atoms with Crippen LogP contribution in [0, 0.1) is 5.82 Å². The van der Waals surface area contributed by atoms with Crippen LogP contribution in [-0.4, -0.2) is 51.4 Å². The average Bonchev–Trinajstić information content (AvgIpc) is 2.69. The van der Waals surface area contributed by atoms with Crippen molar-refractivity contribution in [3.05, 3.63) is 69.5 Å². The van der Waals surface area contributed by atoms with Gasteiger partial charge in [-0.1, -0.05) is 49.7 Å². The van der Waals surface area contributed by atoms with Crippen molar-refractivity contribution < 1.29 is 29.6 Å². The summed E-state index contributed by atoms with van der Waals surface area (Å²) >= 11 is 6.31. The van der Waals surface area contributed by atoms with Crippen molar-refractivity contribution in [2.45, 2.75) is 56.7 Å². The van der Waals surface area contributed by atoms with Crippen LogP contribution in [0.2, 0.25) is 5.02 Å². The molecule has 1 fully saturated rings. The van der Waals surface area contributed by atoms with Crippen molar-refractivity contribution in [2.24, 2.45) is 0 Å². The summed E-state index contributed by atoms with van der Waals surface area (Å²) in [7, 11) is 0. The zero-order valence-corrected chi connectivity index (χ0v) is 17.1. The predicted molar refractivity (Wildman–Crippen MR) is 107 cm³/mol. The molecule has 0 bridgehead atoms. The second kappa shape index (κ2) is 9.08. The molecule has 5 nitrogen and oxygen atoms in total. The quantitative estimate of drug-likeness (QED) is 0.592. The molecule has 1 heterocycles. The van der Waals surface area contributed by atoms with Crippen molar-refractivity contribution in [3.63, 3.8) is 0 Å². The van der Waals surface area contributed by atoms with Crippen LogP contribution in [0.4, 0.5) is 4.39 Å². The Hall–Kier alpha value is -1.54. The summed E-state index contributed by atoms with van der Waals surface area (Å²) < 4.78 is 20.1. The number of hydrogen-bond acceptors (Lipinski definition) is 5. The summed E-state index contributed by atoms with van der Waals surface area (Å²) in [6.07, 6.45) is -6.00. The highest BCUT2D eigenvalue weighted by Gasteiger charge is 2.44. The summed E-state index contributed by atoms with van der Waals surface area (Å²) in [4.78, 5) is 0. The molecule has 0 aliphatic carbocycles. The number of rotatable bonds is 5. The van der Waals surface area contributed by atoms with Gasteiger partial charge < -0.3 is 25.2 Å². The molecule has 29 heavy (non-hydrogen) atoms. The molecule has 7 heteroatoms. The third kappa shape index (κ3) is 4.63. The van der Waals surface area contributed by atoms with Gasteiger partial charge in [0.05, 0.1) is 6.61 Å². The van der Waals surface area contributed by atoms with Crippen molar-refractivity contribution in [3.8, 4) is 0 Å². The van der Waals surface area contributed by atoms with Gasteiger partial charge in [-0.05, 0) is 40.3 Å². The Morgan fingerprint density at radius 3 is 2.34 bits per heavy atom. The number of hydrogen-bond donors (Lipinski definition) is 4. The Morgan fingerprint density at radius 2 is 1.72 bits per heavy atom. The molecule has 0 aromatic heterocycles. The van der Waals surface area contributed by atoms with E-state index in [0.717, 1.165) is 5.56 Å². The Labute approximate surface area is 174 Å². The van der Waals surface area contributed by atoms with E-state index in [4.69, 9.17) is 16.3 Å². The fraction of sp³-hybridized carbons (Fsp3) is 0.455. The summed E-state index contributed by atoms with van der Waals surface area (Å²) in [6.45, 7) is 3.49. The second-order valence-corrected chi connectivity index (χ2v) is 8.19. The van der Waals surface area contributed by atoms with Gasteiger partial charge in [0.25, 0.3) is 0 Å². The molecular formula is C22H26ClFO5. The van der Waals surface area contributed by atoms with Crippen LogP contribution in [-0.2, 0) is 11.2 Å². The Kier molecular flexibility index (Phi) is 6.94. The topological polar surface area (TPSA) is 90.2 Å². The standard InChI is InChI=1S/C22H26ClFO5/c1-11(2)12-3-4-13(17(24)9-12)7-15-8-14(5-6-16(15)23)22-21(28)20(27)19(26)18(10-25)29-22/h3-6,8-9,11,18-22,25-28H,7,10H2,1-2H3/t18-,19-,20+,21-,22+/m1/s1. The first-order valence-corrected chi connectivity index (χ1v) is 9.97. The third-order valence-electron chi connectivity index (χ3n) is 5.42. The van der Waals surface area contributed by atoms with Crippen LogP contribution < -0.4 is 0 Å². The number of benzene rings is 2. The van der Waals surface area contributed by atoms with Gasteiger partial charge in [-0.3, -0.25) is 0 Å². The van der Waals surface area contributed by atoms with Crippen LogP contribution in [0.3, 0.4) is 0 Å². The van der Waals surface area contributed by atoms with E-state index in [9.17, 15) is 24.8 Å². The van der Waals surface area contributed by atoms with Crippen molar-refractivity contribution in [1.82, 2.24) is 0 Å². The van der Waals surface area contributed by atoms with Gasteiger partial charge in [0.2, 0.25) is 0 Å². The van der Waals surface area contributed by atoms with Crippen LogP contribution in [0.15, 0.2) is 36.4 Å². The minimum Gasteiger partial charge on any atom is -0.394 e. The first-order valence-electron chi connectivity index (χ1n) is 9.60. The zero-order valence-electron chi connectivity index (χ0n) is 16.3. The largest absolute Gasteiger partial charge is 0.394 e. The van der Waals surface area contributed by atoms with Gasteiger partial charge in [-0.25, -0.2) is 4.39 Å².